The molecular weight excluding hydrogens is 196 g/mol. The summed E-state index contributed by atoms with van der Waals surface area (Å²) >= 11 is 0. The van der Waals surface area contributed by atoms with Gasteiger partial charge in [0.05, 0.1) is 0 Å². The SMILES string of the molecule is CCc1ccc(N2CCC(C)(NC)C2)cc1. The number of benzene rings is 1. The average molecular weight is 218 g/mol. The molecule has 0 amide bonds. The Bertz CT molecular complexity index is 344. The smallest absolute Gasteiger partial charge is 0.0367 e. The molecule has 0 spiro atoms. The van der Waals surface area contributed by atoms with E-state index in [0.717, 1.165) is 19.5 Å². The molecule has 1 aromatic rings. The maximum Gasteiger partial charge on any atom is 0.0367 e. The zero-order valence-electron chi connectivity index (χ0n) is 10.6. The fourth-order valence-corrected chi connectivity index (χ4v) is 2.33. The van der Waals surface area contributed by atoms with Gasteiger partial charge in [0.2, 0.25) is 0 Å². The number of anilines is 1. The number of nitrogens with zero attached hydrogens (tertiary/aromatic N) is 1. The lowest BCUT2D eigenvalue weighted by Gasteiger charge is -2.25. The Hall–Kier alpha value is -1.02. The molecule has 16 heavy (non-hydrogen) atoms. The van der Waals surface area contributed by atoms with Gasteiger partial charge in [-0.05, 0) is 44.5 Å². The summed E-state index contributed by atoms with van der Waals surface area (Å²) in [6.45, 7) is 6.76. The van der Waals surface area contributed by atoms with Crippen molar-refractivity contribution in [3.63, 3.8) is 0 Å². The highest BCUT2D eigenvalue weighted by molar-refractivity contribution is 5.49. The molecule has 0 saturated carbocycles. The van der Waals surface area contributed by atoms with Gasteiger partial charge in [-0.25, -0.2) is 0 Å². The first-order valence-corrected chi connectivity index (χ1v) is 6.20. The second-order valence-corrected chi connectivity index (χ2v) is 5.00. The maximum absolute atomic E-state index is 3.42. The van der Waals surface area contributed by atoms with E-state index in [4.69, 9.17) is 0 Å². The minimum absolute atomic E-state index is 0.281. The predicted octanol–water partition coefficient (Wildman–Crippen LogP) is 2.44. The minimum atomic E-state index is 0.281. The van der Waals surface area contributed by atoms with Gasteiger partial charge in [0.1, 0.15) is 0 Å². The maximum atomic E-state index is 3.42. The molecule has 1 aliphatic heterocycles. The number of rotatable bonds is 3. The number of hydrogen-bond acceptors (Lipinski definition) is 2. The van der Waals surface area contributed by atoms with Crippen LogP contribution in [0.2, 0.25) is 0 Å². The summed E-state index contributed by atoms with van der Waals surface area (Å²) < 4.78 is 0. The molecule has 1 aromatic carbocycles. The molecule has 1 fully saturated rings. The first-order valence-electron chi connectivity index (χ1n) is 6.20. The Kier molecular flexibility index (Phi) is 3.20. The first-order chi connectivity index (χ1) is 7.67. The standard InChI is InChI=1S/C14H22N2/c1-4-12-5-7-13(8-6-12)16-10-9-14(2,11-16)15-3/h5-8,15H,4,9-11H2,1-3H3. The summed E-state index contributed by atoms with van der Waals surface area (Å²) in [6, 6.07) is 8.98. The fraction of sp³-hybridized carbons (Fsp3) is 0.571. The van der Waals surface area contributed by atoms with Crippen LogP contribution in [0.5, 0.6) is 0 Å². The van der Waals surface area contributed by atoms with E-state index in [1.165, 1.54) is 17.7 Å². The van der Waals surface area contributed by atoms with Crippen molar-refractivity contribution >= 4 is 5.69 Å². The number of likely N-dealkylation sites (N-methyl/N-ethyl adjacent to an activating group) is 1. The van der Waals surface area contributed by atoms with E-state index < -0.39 is 0 Å². The Labute approximate surface area is 98.7 Å². The molecule has 2 heteroatoms. The Morgan fingerprint density at radius 3 is 2.50 bits per heavy atom. The summed E-state index contributed by atoms with van der Waals surface area (Å²) in [6.07, 6.45) is 2.34. The van der Waals surface area contributed by atoms with Gasteiger partial charge in [-0.3, -0.25) is 0 Å². The number of aryl methyl sites for hydroxylation is 1. The van der Waals surface area contributed by atoms with Crippen molar-refractivity contribution in [3.8, 4) is 0 Å². The second-order valence-electron chi connectivity index (χ2n) is 5.00. The van der Waals surface area contributed by atoms with E-state index in [0.29, 0.717) is 0 Å². The largest absolute Gasteiger partial charge is 0.370 e. The summed E-state index contributed by atoms with van der Waals surface area (Å²) in [5.41, 5.74) is 3.05. The van der Waals surface area contributed by atoms with Gasteiger partial charge < -0.3 is 10.2 Å². The Balaban J connectivity index is 2.08. The van der Waals surface area contributed by atoms with Gasteiger partial charge in [-0.1, -0.05) is 19.1 Å². The molecule has 1 N–H and O–H groups in total. The van der Waals surface area contributed by atoms with Gasteiger partial charge in [-0.2, -0.15) is 0 Å². The lowest BCUT2D eigenvalue weighted by Crippen LogP contribution is -2.42. The van der Waals surface area contributed by atoms with Crippen LogP contribution in [-0.2, 0) is 6.42 Å². The van der Waals surface area contributed by atoms with Crippen molar-refractivity contribution in [2.45, 2.75) is 32.2 Å². The minimum Gasteiger partial charge on any atom is -0.370 e. The molecule has 0 aliphatic carbocycles. The van der Waals surface area contributed by atoms with Crippen LogP contribution in [0.3, 0.4) is 0 Å². The van der Waals surface area contributed by atoms with Crippen LogP contribution in [0, 0.1) is 0 Å². The third-order valence-corrected chi connectivity index (χ3v) is 3.79. The summed E-state index contributed by atoms with van der Waals surface area (Å²) in [5, 5.41) is 3.42. The normalized spacial score (nSPS) is 25.1. The van der Waals surface area contributed by atoms with Gasteiger partial charge >= 0.3 is 0 Å². The lowest BCUT2D eigenvalue weighted by atomic mass is 10.0. The van der Waals surface area contributed by atoms with E-state index in [9.17, 15) is 0 Å². The monoisotopic (exact) mass is 218 g/mol. The summed E-state index contributed by atoms with van der Waals surface area (Å²) in [4.78, 5) is 2.47. The van der Waals surface area contributed by atoms with E-state index in [1.807, 2.05) is 0 Å². The molecule has 2 nitrogen and oxygen atoms in total. The molecule has 0 radical (unpaired) electrons. The number of hydrogen-bond donors (Lipinski definition) is 1. The van der Waals surface area contributed by atoms with Crippen LogP contribution < -0.4 is 10.2 Å². The molecule has 0 bridgehead atoms. The molecule has 1 saturated heterocycles. The molecular formula is C14H22N2. The van der Waals surface area contributed by atoms with Crippen LogP contribution in [0.15, 0.2) is 24.3 Å². The highest BCUT2D eigenvalue weighted by Gasteiger charge is 2.31. The highest BCUT2D eigenvalue weighted by atomic mass is 15.2. The summed E-state index contributed by atoms with van der Waals surface area (Å²) in [7, 11) is 2.06. The molecule has 88 valence electrons. The summed E-state index contributed by atoms with van der Waals surface area (Å²) in [5.74, 6) is 0. The third kappa shape index (κ3) is 2.22. The van der Waals surface area contributed by atoms with Crippen LogP contribution in [-0.4, -0.2) is 25.7 Å². The van der Waals surface area contributed by atoms with Gasteiger partial charge in [0.15, 0.2) is 0 Å². The van der Waals surface area contributed by atoms with Crippen molar-refractivity contribution in [1.82, 2.24) is 5.32 Å². The lowest BCUT2D eigenvalue weighted by molar-refractivity contribution is 0.428. The molecule has 0 aromatic heterocycles. The van der Waals surface area contributed by atoms with Crippen LogP contribution >= 0.6 is 0 Å². The molecule has 1 heterocycles. The van der Waals surface area contributed by atoms with Crippen molar-refractivity contribution < 1.29 is 0 Å². The molecule has 2 rings (SSSR count). The van der Waals surface area contributed by atoms with Crippen LogP contribution in [0.4, 0.5) is 5.69 Å². The van der Waals surface area contributed by atoms with E-state index in [1.54, 1.807) is 0 Å². The third-order valence-electron chi connectivity index (χ3n) is 3.79. The molecule has 1 unspecified atom stereocenters. The van der Waals surface area contributed by atoms with Gasteiger partial charge in [-0.15, -0.1) is 0 Å². The van der Waals surface area contributed by atoms with Crippen molar-refractivity contribution in [1.29, 1.82) is 0 Å². The second kappa shape index (κ2) is 4.46. The Morgan fingerprint density at radius 1 is 1.31 bits per heavy atom. The molecule has 1 aliphatic rings. The van der Waals surface area contributed by atoms with E-state index in [2.05, 4.69) is 55.4 Å². The van der Waals surface area contributed by atoms with Crippen LogP contribution in [0.25, 0.3) is 0 Å². The van der Waals surface area contributed by atoms with Crippen LogP contribution in [0.1, 0.15) is 25.8 Å². The zero-order valence-corrected chi connectivity index (χ0v) is 10.6. The zero-order chi connectivity index (χ0) is 11.6. The highest BCUT2D eigenvalue weighted by Crippen LogP contribution is 2.26. The van der Waals surface area contributed by atoms with E-state index >= 15 is 0 Å². The quantitative estimate of drug-likeness (QED) is 0.838. The van der Waals surface area contributed by atoms with Crippen molar-refractivity contribution in [2.24, 2.45) is 0 Å². The number of nitrogens with one attached hydrogen (secondary N) is 1. The first kappa shape index (κ1) is 11.5. The van der Waals surface area contributed by atoms with Gasteiger partial charge in [0.25, 0.3) is 0 Å². The Morgan fingerprint density at radius 2 is 2.00 bits per heavy atom. The molecule has 1 atom stereocenters. The predicted molar refractivity (Wildman–Crippen MR) is 70.1 cm³/mol. The fourth-order valence-electron chi connectivity index (χ4n) is 2.33. The topological polar surface area (TPSA) is 15.3 Å². The van der Waals surface area contributed by atoms with Crippen molar-refractivity contribution in [3.05, 3.63) is 29.8 Å². The van der Waals surface area contributed by atoms with Gasteiger partial charge in [0, 0.05) is 24.3 Å². The average Bonchev–Trinajstić information content (AvgIpc) is 2.73. The van der Waals surface area contributed by atoms with Crippen molar-refractivity contribution in [2.75, 3.05) is 25.0 Å². The van der Waals surface area contributed by atoms with E-state index in [-0.39, 0.29) is 5.54 Å².